The van der Waals surface area contributed by atoms with Crippen molar-refractivity contribution in [1.82, 2.24) is 15.5 Å². The minimum absolute atomic E-state index is 0.0995. The molecular weight excluding hydrogens is 234 g/mol. The second-order valence-electron chi connectivity index (χ2n) is 4.79. The first-order valence-electron chi connectivity index (χ1n) is 6.47. The van der Waals surface area contributed by atoms with Gasteiger partial charge in [-0.15, -0.1) is 0 Å². The lowest BCUT2D eigenvalue weighted by atomic mass is 10.1. The molecule has 1 saturated heterocycles. The average molecular weight is 257 g/mol. The van der Waals surface area contributed by atoms with Gasteiger partial charge in [-0.1, -0.05) is 6.92 Å². The molecule has 1 aliphatic heterocycles. The number of nitrogens with zero attached hydrogens (tertiary/aromatic N) is 1. The van der Waals surface area contributed by atoms with E-state index in [9.17, 15) is 9.59 Å². The van der Waals surface area contributed by atoms with Gasteiger partial charge in [-0.25, -0.2) is 0 Å². The molecule has 3 atom stereocenters. The van der Waals surface area contributed by atoms with Gasteiger partial charge in [0.25, 0.3) is 0 Å². The van der Waals surface area contributed by atoms with Crippen LogP contribution < -0.4 is 10.6 Å². The molecule has 0 bridgehead atoms. The minimum atomic E-state index is -0.884. The molecule has 1 heterocycles. The van der Waals surface area contributed by atoms with E-state index in [-0.39, 0.29) is 11.9 Å². The van der Waals surface area contributed by atoms with Crippen molar-refractivity contribution in [3.05, 3.63) is 0 Å². The summed E-state index contributed by atoms with van der Waals surface area (Å²) in [6.45, 7) is 7.38. The molecule has 0 spiro atoms. The molecule has 1 fully saturated rings. The lowest BCUT2D eigenvalue weighted by molar-refractivity contribution is -0.146. The predicted octanol–water partition coefficient (Wildman–Crippen LogP) is -0.352. The Balaban J connectivity index is 2.65. The van der Waals surface area contributed by atoms with E-state index in [2.05, 4.69) is 10.6 Å². The summed E-state index contributed by atoms with van der Waals surface area (Å²) in [6.07, 6.45) is 0.863. The first-order chi connectivity index (χ1) is 8.47. The van der Waals surface area contributed by atoms with Crippen LogP contribution in [0.1, 0.15) is 27.2 Å². The lowest BCUT2D eigenvalue weighted by Gasteiger charge is -2.37. The highest BCUT2D eigenvalue weighted by Crippen LogP contribution is 2.09. The summed E-state index contributed by atoms with van der Waals surface area (Å²) in [5, 5.41) is 15.1. The Morgan fingerprint density at radius 2 is 2.17 bits per heavy atom. The molecule has 1 aliphatic rings. The summed E-state index contributed by atoms with van der Waals surface area (Å²) >= 11 is 0. The van der Waals surface area contributed by atoms with Crippen molar-refractivity contribution in [2.75, 3.05) is 19.6 Å². The number of rotatable bonds is 5. The lowest BCUT2D eigenvalue weighted by Crippen LogP contribution is -2.61. The van der Waals surface area contributed by atoms with Crippen LogP contribution in [0.15, 0.2) is 0 Å². The summed E-state index contributed by atoms with van der Waals surface area (Å²) in [4.78, 5) is 24.9. The van der Waals surface area contributed by atoms with Crippen LogP contribution in [-0.4, -0.2) is 59.6 Å². The molecule has 18 heavy (non-hydrogen) atoms. The molecule has 3 N–H and O–H groups in total. The third-order valence-electron chi connectivity index (χ3n) is 3.45. The molecule has 0 aromatic carbocycles. The highest BCUT2D eigenvalue weighted by molar-refractivity contribution is 5.83. The van der Waals surface area contributed by atoms with Crippen LogP contribution in [0.4, 0.5) is 0 Å². The van der Waals surface area contributed by atoms with Crippen LogP contribution in [0.5, 0.6) is 0 Å². The number of carbonyl (C=O) groups excluding carboxylic acids is 1. The van der Waals surface area contributed by atoms with Crippen LogP contribution in [0, 0.1) is 0 Å². The van der Waals surface area contributed by atoms with E-state index in [1.165, 1.54) is 0 Å². The van der Waals surface area contributed by atoms with Gasteiger partial charge in [0.1, 0.15) is 6.04 Å². The van der Waals surface area contributed by atoms with E-state index in [0.717, 1.165) is 6.42 Å². The van der Waals surface area contributed by atoms with Crippen LogP contribution in [-0.2, 0) is 9.59 Å². The second-order valence-corrected chi connectivity index (χ2v) is 4.79. The minimum Gasteiger partial charge on any atom is -0.480 e. The molecule has 0 radical (unpaired) electrons. The van der Waals surface area contributed by atoms with E-state index in [1.54, 1.807) is 11.8 Å². The maximum absolute atomic E-state index is 12.0. The molecule has 0 aromatic rings. The van der Waals surface area contributed by atoms with E-state index in [4.69, 9.17) is 5.11 Å². The number of carbonyl (C=O) groups is 2. The van der Waals surface area contributed by atoms with E-state index in [1.807, 2.05) is 13.8 Å². The monoisotopic (exact) mass is 257 g/mol. The summed E-state index contributed by atoms with van der Waals surface area (Å²) in [5.74, 6) is -0.983. The number of piperazine rings is 1. The highest BCUT2D eigenvalue weighted by Gasteiger charge is 2.34. The number of carboxylic acids is 1. The molecule has 0 saturated carbocycles. The summed E-state index contributed by atoms with van der Waals surface area (Å²) in [5.41, 5.74) is 0. The Labute approximate surface area is 108 Å². The van der Waals surface area contributed by atoms with Crippen LogP contribution in [0.2, 0.25) is 0 Å². The Morgan fingerprint density at radius 1 is 1.50 bits per heavy atom. The van der Waals surface area contributed by atoms with Crippen molar-refractivity contribution in [1.29, 1.82) is 0 Å². The third-order valence-corrected chi connectivity index (χ3v) is 3.45. The molecule has 3 unspecified atom stereocenters. The Morgan fingerprint density at radius 3 is 2.72 bits per heavy atom. The Kier molecular flexibility index (Phi) is 5.55. The Bertz CT molecular complexity index is 309. The summed E-state index contributed by atoms with van der Waals surface area (Å²) in [6, 6.07) is -0.926. The van der Waals surface area contributed by atoms with Crippen molar-refractivity contribution in [3.63, 3.8) is 0 Å². The zero-order valence-electron chi connectivity index (χ0n) is 11.3. The van der Waals surface area contributed by atoms with Gasteiger partial charge in [0.05, 0.1) is 6.04 Å². The van der Waals surface area contributed by atoms with Gasteiger partial charge in [-0.3, -0.25) is 14.5 Å². The quantitative estimate of drug-likeness (QED) is 0.627. The van der Waals surface area contributed by atoms with Gasteiger partial charge < -0.3 is 15.7 Å². The number of aliphatic carboxylic acids is 1. The first kappa shape index (κ1) is 14.9. The molecule has 0 aromatic heterocycles. The largest absolute Gasteiger partial charge is 0.480 e. The third kappa shape index (κ3) is 3.68. The van der Waals surface area contributed by atoms with Crippen LogP contribution in [0.25, 0.3) is 0 Å². The molecule has 104 valence electrons. The van der Waals surface area contributed by atoms with E-state index < -0.39 is 18.1 Å². The Hall–Kier alpha value is -1.14. The SMILES string of the molecule is CCC(C)NC(=O)C(C)N1CCNCC1C(=O)O. The molecule has 0 aliphatic carbocycles. The zero-order chi connectivity index (χ0) is 13.7. The van der Waals surface area contributed by atoms with Gasteiger partial charge >= 0.3 is 5.97 Å². The highest BCUT2D eigenvalue weighted by atomic mass is 16.4. The number of nitrogens with one attached hydrogen (secondary N) is 2. The zero-order valence-corrected chi connectivity index (χ0v) is 11.3. The fraction of sp³-hybridized carbons (Fsp3) is 0.833. The number of amides is 1. The van der Waals surface area contributed by atoms with Gasteiger partial charge in [0.2, 0.25) is 5.91 Å². The maximum Gasteiger partial charge on any atom is 0.322 e. The van der Waals surface area contributed by atoms with Crippen molar-refractivity contribution < 1.29 is 14.7 Å². The van der Waals surface area contributed by atoms with Crippen LogP contribution >= 0.6 is 0 Å². The number of hydrogen-bond acceptors (Lipinski definition) is 4. The smallest absolute Gasteiger partial charge is 0.322 e. The number of carboxylic acid groups (broad SMARTS) is 1. The maximum atomic E-state index is 12.0. The molecule has 6 heteroatoms. The van der Waals surface area contributed by atoms with Crippen molar-refractivity contribution >= 4 is 11.9 Å². The second kappa shape index (κ2) is 6.70. The standard InChI is InChI=1S/C12H23N3O3/c1-4-8(2)14-11(16)9(3)15-6-5-13-7-10(15)12(17)18/h8-10,13H,4-7H2,1-3H3,(H,14,16)(H,17,18). The van der Waals surface area contributed by atoms with E-state index >= 15 is 0 Å². The molecule has 1 amide bonds. The first-order valence-corrected chi connectivity index (χ1v) is 6.47. The fourth-order valence-electron chi connectivity index (χ4n) is 2.03. The normalized spacial score (nSPS) is 24.3. The number of hydrogen-bond donors (Lipinski definition) is 3. The predicted molar refractivity (Wildman–Crippen MR) is 68.4 cm³/mol. The van der Waals surface area contributed by atoms with Crippen molar-refractivity contribution in [3.8, 4) is 0 Å². The summed E-state index contributed by atoms with van der Waals surface area (Å²) < 4.78 is 0. The van der Waals surface area contributed by atoms with Crippen molar-refractivity contribution in [2.45, 2.75) is 45.3 Å². The topological polar surface area (TPSA) is 81.7 Å². The van der Waals surface area contributed by atoms with Gasteiger partial charge in [-0.05, 0) is 20.3 Å². The van der Waals surface area contributed by atoms with Crippen LogP contribution in [0.3, 0.4) is 0 Å². The van der Waals surface area contributed by atoms with Gasteiger partial charge in [0, 0.05) is 25.7 Å². The molecule has 1 rings (SSSR count). The van der Waals surface area contributed by atoms with Gasteiger partial charge in [0.15, 0.2) is 0 Å². The molecular formula is C12H23N3O3. The van der Waals surface area contributed by atoms with E-state index in [0.29, 0.717) is 19.6 Å². The van der Waals surface area contributed by atoms with Crippen molar-refractivity contribution in [2.24, 2.45) is 0 Å². The average Bonchev–Trinajstić information content (AvgIpc) is 2.37. The summed E-state index contributed by atoms with van der Waals surface area (Å²) in [7, 11) is 0. The van der Waals surface area contributed by atoms with Gasteiger partial charge in [-0.2, -0.15) is 0 Å². The molecule has 6 nitrogen and oxygen atoms in total. The fourth-order valence-corrected chi connectivity index (χ4v) is 2.03.